The second-order valence-corrected chi connectivity index (χ2v) is 8.88. The average Bonchev–Trinajstić information content (AvgIpc) is 3.65. The van der Waals surface area contributed by atoms with Gasteiger partial charge < -0.3 is 9.80 Å². The van der Waals surface area contributed by atoms with Crippen molar-refractivity contribution >= 4 is 11.7 Å². The zero-order chi connectivity index (χ0) is 22.0. The fourth-order valence-corrected chi connectivity index (χ4v) is 4.21. The highest BCUT2D eigenvalue weighted by molar-refractivity contribution is 5.81. The van der Waals surface area contributed by atoms with Crippen LogP contribution in [0.4, 0.5) is 10.2 Å². The molecule has 4 rings (SSSR count). The fourth-order valence-electron chi connectivity index (χ4n) is 4.21. The van der Waals surface area contributed by atoms with E-state index >= 15 is 0 Å². The number of aryl methyl sites for hydroxylation is 1. The van der Waals surface area contributed by atoms with E-state index in [1.54, 1.807) is 0 Å². The Hall–Kier alpha value is -2.50. The summed E-state index contributed by atoms with van der Waals surface area (Å²) in [6, 6.07) is 6.70. The Balaban J connectivity index is 1.64. The highest BCUT2D eigenvalue weighted by Crippen LogP contribution is 2.32. The van der Waals surface area contributed by atoms with Crippen LogP contribution in [0.15, 0.2) is 24.3 Å². The van der Waals surface area contributed by atoms with Gasteiger partial charge in [0.05, 0.1) is 0 Å². The van der Waals surface area contributed by atoms with Crippen LogP contribution in [0.2, 0.25) is 0 Å². The third kappa shape index (κ3) is 4.89. The minimum Gasteiger partial charge on any atom is -0.353 e. The molecule has 1 atom stereocenters. The van der Waals surface area contributed by atoms with Gasteiger partial charge in [0, 0.05) is 55.7 Å². The third-order valence-electron chi connectivity index (χ3n) is 6.59. The van der Waals surface area contributed by atoms with Crippen molar-refractivity contribution in [2.45, 2.75) is 58.8 Å². The van der Waals surface area contributed by atoms with Crippen LogP contribution in [0.5, 0.6) is 0 Å². The Kier molecular flexibility index (Phi) is 6.54. The summed E-state index contributed by atoms with van der Waals surface area (Å²) in [7, 11) is 0. The van der Waals surface area contributed by atoms with Gasteiger partial charge in [-0.05, 0) is 43.4 Å². The van der Waals surface area contributed by atoms with Gasteiger partial charge in [-0.15, -0.1) is 0 Å². The van der Waals surface area contributed by atoms with E-state index in [-0.39, 0.29) is 11.7 Å². The lowest BCUT2D eigenvalue weighted by molar-refractivity contribution is -0.132. The third-order valence-corrected chi connectivity index (χ3v) is 6.59. The molecule has 2 aromatic rings. The Labute approximate surface area is 184 Å². The van der Waals surface area contributed by atoms with Gasteiger partial charge in [-0.2, -0.15) is 0 Å². The van der Waals surface area contributed by atoms with Crippen molar-refractivity contribution in [3.63, 3.8) is 0 Å². The number of halogens is 1. The number of hydrogen-bond donors (Lipinski definition) is 0. The smallest absolute Gasteiger partial charge is 0.225 e. The van der Waals surface area contributed by atoms with E-state index in [2.05, 4.69) is 25.7 Å². The lowest BCUT2D eigenvalue weighted by Gasteiger charge is -2.37. The Bertz CT molecular complexity index is 918. The summed E-state index contributed by atoms with van der Waals surface area (Å²) in [5.41, 5.74) is 3.25. The minimum atomic E-state index is -0.223. The molecule has 2 fully saturated rings. The van der Waals surface area contributed by atoms with Crippen LogP contribution in [0, 0.1) is 11.7 Å². The molecule has 0 radical (unpaired) electrons. The molecule has 1 saturated heterocycles. The van der Waals surface area contributed by atoms with Crippen molar-refractivity contribution in [1.82, 2.24) is 14.9 Å². The van der Waals surface area contributed by atoms with E-state index in [1.165, 1.54) is 12.1 Å². The number of carbonyl (C=O) groups excluding carboxylic acids is 1. The van der Waals surface area contributed by atoms with Gasteiger partial charge in [-0.1, -0.05) is 32.9 Å². The fraction of sp³-hybridized carbons (Fsp3) is 0.560. The summed E-state index contributed by atoms with van der Waals surface area (Å²) in [6.45, 7) is 9.53. The Morgan fingerprint density at radius 2 is 1.77 bits per heavy atom. The minimum absolute atomic E-state index is 0.223. The zero-order valence-electron chi connectivity index (χ0n) is 18.9. The predicted molar refractivity (Wildman–Crippen MR) is 121 cm³/mol. The Morgan fingerprint density at radius 1 is 1.10 bits per heavy atom. The first kappa shape index (κ1) is 21.7. The number of aromatic nitrogens is 2. The Morgan fingerprint density at radius 3 is 2.35 bits per heavy atom. The number of rotatable bonds is 7. The molecule has 1 aliphatic carbocycles. The molecule has 0 spiro atoms. The van der Waals surface area contributed by atoms with Gasteiger partial charge in [-0.3, -0.25) is 4.79 Å². The number of nitrogens with zero attached hydrogens (tertiary/aromatic N) is 4. The first-order valence-corrected chi connectivity index (χ1v) is 11.7. The first-order valence-electron chi connectivity index (χ1n) is 11.7. The van der Waals surface area contributed by atoms with Crippen molar-refractivity contribution in [3.05, 3.63) is 52.7 Å². The molecule has 2 heterocycles. The number of anilines is 1. The number of carbonyl (C=O) groups is 1. The molecule has 0 bridgehead atoms. The van der Waals surface area contributed by atoms with E-state index < -0.39 is 0 Å². The van der Waals surface area contributed by atoms with Crippen LogP contribution in [-0.2, 0) is 17.6 Å². The van der Waals surface area contributed by atoms with Gasteiger partial charge in [0.25, 0.3) is 0 Å². The highest BCUT2D eigenvalue weighted by atomic mass is 19.1. The molecule has 0 N–H and O–H groups in total. The second-order valence-electron chi connectivity index (χ2n) is 8.88. The molecule has 1 unspecified atom stereocenters. The normalized spacial score (nSPS) is 17.7. The lowest BCUT2D eigenvalue weighted by Crippen LogP contribution is -2.50. The quantitative estimate of drug-likeness (QED) is 0.663. The van der Waals surface area contributed by atoms with Crippen LogP contribution in [0.1, 0.15) is 68.6 Å². The molecular weight excluding hydrogens is 391 g/mol. The maximum Gasteiger partial charge on any atom is 0.225 e. The SMILES string of the molecule is CCc1nc(C(C)CC)nc(N2CCN(C(=O)C3CC3)CC2)c1Cc1ccc(F)cc1. The number of benzene rings is 1. The summed E-state index contributed by atoms with van der Waals surface area (Å²) >= 11 is 0. The van der Waals surface area contributed by atoms with Crippen molar-refractivity contribution < 1.29 is 9.18 Å². The molecular formula is C25H33FN4O. The summed E-state index contributed by atoms with van der Waals surface area (Å²) in [5.74, 6) is 2.55. The molecule has 1 aliphatic heterocycles. The molecule has 2 aliphatic rings. The van der Waals surface area contributed by atoms with Crippen LogP contribution < -0.4 is 4.90 Å². The molecule has 1 aromatic carbocycles. The average molecular weight is 425 g/mol. The second kappa shape index (κ2) is 9.33. The van der Waals surface area contributed by atoms with Crippen LogP contribution in [0.3, 0.4) is 0 Å². The number of hydrogen-bond acceptors (Lipinski definition) is 4. The summed E-state index contributed by atoms with van der Waals surface area (Å²) in [6.07, 6.45) is 4.59. The van der Waals surface area contributed by atoms with Crippen LogP contribution >= 0.6 is 0 Å². The molecule has 1 aromatic heterocycles. The molecule has 5 nitrogen and oxygen atoms in total. The number of amides is 1. The van der Waals surface area contributed by atoms with Gasteiger partial charge >= 0.3 is 0 Å². The standard InChI is InChI=1S/C25H33FN4O/c1-4-17(3)23-27-22(5-2)21(16-18-6-10-20(26)11-7-18)24(28-23)29-12-14-30(15-13-29)25(31)19-8-9-19/h6-7,10-11,17,19H,4-5,8-9,12-16H2,1-3H3. The number of piperazine rings is 1. The first-order chi connectivity index (χ1) is 15.0. The lowest BCUT2D eigenvalue weighted by atomic mass is 10.0. The topological polar surface area (TPSA) is 49.3 Å². The maximum atomic E-state index is 13.4. The summed E-state index contributed by atoms with van der Waals surface area (Å²) < 4.78 is 13.4. The van der Waals surface area contributed by atoms with Crippen LogP contribution in [0.25, 0.3) is 0 Å². The van der Waals surface area contributed by atoms with E-state index in [0.29, 0.717) is 18.2 Å². The largest absolute Gasteiger partial charge is 0.353 e. The highest BCUT2D eigenvalue weighted by Gasteiger charge is 2.35. The molecule has 31 heavy (non-hydrogen) atoms. The molecule has 1 amide bonds. The van der Waals surface area contributed by atoms with Crippen molar-refractivity contribution in [2.24, 2.45) is 5.92 Å². The van der Waals surface area contributed by atoms with E-state index in [1.807, 2.05) is 17.0 Å². The van der Waals surface area contributed by atoms with Crippen molar-refractivity contribution in [2.75, 3.05) is 31.1 Å². The zero-order valence-corrected chi connectivity index (χ0v) is 18.9. The van der Waals surface area contributed by atoms with Crippen LogP contribution in [-0.4, -0.2) is 47.0 Å². The molecule has 166 valence electrons. The maximum absolute atomic E-state index is 13.4. The summed E-state index contributed by atoms with van der Waals surface area (Å²) in [4.78, 5) is 26.8. The monoisotopic (exact) mass is 424 g/mol. The van der Waals surface area contributed by atoms with Gasteiger partial charge in [0.2, 0.25) is 5.91 Å². The van der Waals surface area contributed by atoms with E-state index in [9.17, 15) is 9.18 Å². The van der Waals surface area contributed by atoms with Gasteiger partial charge in [0.1, 0.15) is 17.5 Å². The van der Waals surface area contributed by atoms with Gasteiger partial charge in [-0.25, -0.2) is 14.4 Å². The van der Waals surface area contributed by atoms with E-state index in [0.717, 1.165) is 80.3 Å². The summed E-state index contributed by atoms with van der Waals surface area (Å²) in [5, 5.41) is 0. The molecule has 1 saturated carbocycles. The van der Waals surface area contributed by atoms with Crippen molar-refractivity contribution in [3.8, 4) is 0 Å². The van der Waals surface area contributed by atoms with Crippen molar-refractivity contribution in [1.29, 1.82) is 0 Å². The van der Waals surface area contributed by atoms with E-state index in [4.69, 9.17) is 9.97 Å². The van der Waals surface area contributed by atoms with Gasteiger partial charge in [0.15, 0.2) is 0 Å². The molecule has 6 heteroatoms. The predicted octanol–water partition coefficient (Wildman–Crippen LogP) is 4.34.